The first-order valence-corrected chi connectivity index (χ1v) is 6.86. The first kappa shape index (κ1) is 13.3. The van der Waals surface area contributed by atoms with Crippen molar-refractivity contribution in [1.29, 1.82) is 5.26 Å². The summed E-state index contributed by atoms with van der Waals surface area (Å²) in [5.41, 5.74) is 0.197. The molecule has 2 aromatic rings. The Hall–Kier alpha value is -2.11. The zero-order valence-corrected chi connectivity index (χ0v) is 11.3. The molecule has 0 amide bonds. The molecule has 0 saturated heterocycles. The predicted octanol–water partition coefficient (Wildman–Crippen LogP) is 1.14. The molecule has 0 aliphatic carbocycles. The molecule has 0 radical (unpaired) electrons. The summed E-state index contributed by atoms with van der Waals surface area (Å²) in [6.45, 7) is 0. The largest absolute Gasteiger partial charge is 0.265 e. The van der Waals surface area contributed by atoms with Crippen LogP contribution in [0.2, 0.25) is 5.02 Å². The van der Waals surface area contributed by atoms with E-state index in [1.54, 1.807) is 0 Å². The third-order valence-corrected chi connectivity index (χ3v) is 4.10. The minimum absolute atomic E-state index is 0.0219. The van der Waals surface area contributed by atoms with Crippen LogP contribution in [-0.2, 0) is 17.1 Å². The minimum atomic E-state index is -3.93. The SMILES string of the molecule is Cn1ncnc1NS(=O)(=O)c1cc(C#N)ccc1Cl. The van der Waals surface area contributed by atoms with Crippen molar-refractivity contribution in [3.63, 3.8) is 0 Å². The Balaban J connectivity index is 2.46. The maximum Gasteiger partial charge on any atom is 0.265 e. The second-order valence-electron chi connectivity index (χ2n) is 3.57. The molecular formula is C10H8ClN5O2S. The number of aromatic nitrogens is 3. The van der Waals surface area contributed by atoms with Gasteiger partial charge in [-0.25, -0.2) is 17.8 Å². The molecule has 0 aliphatic rings. The Morgan fingerprint density at radius 1 is 1.47 bits per heavy atom. The summed E-state index contributed by atoms with van der Waals surface area (Å²) in [4.78, 5) is 3.57. The van der Waals surface area contributed by atoms with Gasteiger partial charge in [-0.2, -0.15) is 15.3 Å². The van der Waals surface area contributed by atoms with Gasteiger partial charge in [-0.1, -0.05) is 11.6 Å². The molecule has 1 N–H and O–H groups in total. The van der Waals surface area contributed by atoms with E-state index in [2.05, 4.69) is 14.8 Å². The van der Waals surface area contributed by atoms with Crippen molar-refractivity contribution in [1.82, 2.24) is 14.8 Å². The van der Waals surface area contributed by atoms with E-state index in [1.165, 1.54) is 36.3 Å². The molecule has 7 nitrogen and oxygen atoms in total. The average molecular weight is 298 g/mol. The van der Waals surface area contributed by atoms with Gasteiger partial charge in [0.15, 0.2) is 0 Å². The summed E-state index contributed by atoms with van der Waals surface area (Å²) < 4.78 is 27.8. The molecule has 0 atom stereocenters. The van der Waals surface area contributed by atoms with Crippen molar-refractivity contribution in [3.8, 4) is 6.07 Å². The Kier molecular flexibility index (Phi) is 3.42. The fourth-order valence-electron chi connectivity index (χ4n) is 1.34. The van der Waals surface area contributed by atoms with Crippen LogP contribution in [0.4, 0.5) is 5.95 Å². The van der Waals surface area contributed by atoms with Gasteiger partial charge in [0.05, 0.1) is 16.7 Å². The number of rotatable bonds is 3. The Bertz CT molecular complexity index is 762. The number of aryl methyl sites for hydroxylation is 1. The van der Waals surface area contributed by atoms with Crippen LogP contribution in [0.1, 0.15) is 5.56 Å². The van der Waals surface area contributed by atoms with Gasteiger partial charge in [0, 0.05) is 7.05 Å². The zero-order chi connectivity index (χ0) is 14.0. The molecule has 9 heteroatoms. The predicted molar refractivity (Wildman–Crippen MR) is 68.0 cm³/mol. The van der Waals surface area contributed by atoms with Gasteiger partial charge in [-0.15, -0.1) is 0 Å². The number of halogens is 1. The number of nitrogens with one attached hydrogen (secondary N) is 1. The molecule has 1 aromatic carbocycles. The van der Waals surface area contributed by atoms with E-state index in [0.29, 0.717) is 0 Å². The first-order chi connectivity index (χ1) is 8.94. The number of nitrogens with zero attached hydrogens (tertiary/aromatic N) is 4. The van der Waals surface area contributed by atoms with Gasteiger partial charge in [0.25, 0.3) is 10.0 Å². The summed E-state index contributed by atoms with van der Waals surface area (Å²) in [5.74, 6) is 0.0541. The van der Waals surface area contributed by atoms with Crippen LogP contribution in [-0.4, -0.2) is 23.2 Å². The lowest BCUT2D eigenvalue weighted by molar-refractivity contribution is 0.600. The maximum atomic E-state index is 12.2. The van der Waals surface area contributed by atoms with Crippen LogP contribution < -0.4 is 4.72 Å². The zero-order valence-electron chi connectivity index (χ0n) is 9.70. The fraction of sp³-hybridized carbons (Fsp3) is 0.100. The van der Waals surface area contributed by atoms with Gasteiger partial charge in [0.1, 0.15) is 11.2 Å². The molecule has 98 valence electrons. The van der Waals surface area contributed by atoms with Crippen molar-refractivity contribution in [2.45, 2.75) is 4.90 Å². The van der Waals surface area contributed by atoms with Gasteiger partial charge in [0.2, 0.25) is 5.95 Å². The Morgan fingerprint density at radius 3 is 2.79 bits per heavy atom. The van der Waals surface area contributed by atoms with Crippen LogP contribution in [0, 0.1) is 11.3 Å². The highest BCUT2D eigenvalue weighted by Crippen LogP contribution is 2.24. The van der Waals surface area contributed by atoms with Crippen LogP contribution in [0.25, 0.3) is 0 Å². The van der Waals surface area contributed by atoms with Crippen molar-refractivity contribution in [3.05, 3.63) is 35.1 Å². The van der Waals surface area contributed by atoms with Crippen molar-refractivity contribution < 1.29 is 8.42 Å². The summed E-state index contributed by atoms with van der Waals surface area (Å²) in [6.07, 6.45) is 1.21. The lowest BCUT2D eigenvalue weighted by Crippen LogP contribution is -2.16. The average Bonchev–Trinajstić information content (AvgIpc) is 2.75. The third-order valence-electron chi connectivity index (χ3n) is 2.29. The fourth-order valence-corrected chi connectivity index (χ4v) is 2.91. The molecule has 0 saturated carbocycles. The smallest absolute Gasteiger partial charge is 0.247 e. The molecule has 1 heterocycles. The van der Waals surface area contributed by atoms with Gasteiger partial charge in [-0.05, 0) is 18.2 Å². The van der Waals surface area contributed by atoms with E-state index in [-0.39, 0.29) is 21.4 Å². The molecule has 19 heavy (non-hydrogen) atoms. The molecule has 0 unspecified atom stereocenters. The second-order valence-corrected chi connectivity index (χ2v) is 5.63. The second kappa shape index (κ2) is 4.87. The summed E-state index contributed by atoms with van der Waals surface area (Å²) in [5, 5.41) is 12.6. The van der Waals surface area contributed by atoms with E-state index in [1.807, 2.05) is 6.07 Å². The Labute approximate surface area is 114 Å². The van der Waals surface area contributed by atoms with Gasteiger partial charge >= 0.3 is 0 Å². The highest BCUT2D eigenvalue weighted by Gasteiger charge is 2.20. The molecule has 0 spiro atoms. The number of sulfonamides is 1. The molecule has 2 rings (SSSR count). The van der Waals surface area contributed by atoms with Crippen LogP contribution in [0.3, 0.4) is 0 Å². The lowest BCUT2D eigenvalue weighted by atomic mass is 10.2. The van der Waals surface area contributed by atoms with Crippen molar-refractivity contribution in [2.24, 2.45) is 7.05 Å². The molecule has 0 aliphatic heterocycles. The summed E-state index contributed by atoms with van der Waals surface area (Å²) in [7, 11) is -2.39. The van der Waals surface area contributed by atoms with E-state index in [0.717, 1.165) is 0 Å². The monoisotopic (exact) mass is 297 g/mol. The van der Waals surface area contributed by atoms with Crippen LogP contribution >= 0.6 is 11.6 Å². The lowest BCUT2D eigenvalue weighted by Gasteiger charge is -2.08. The van der Waals surface area contributed by atoms with Crippen LogP contribution in [0.15, 0.2) is 29.4 Å². The number of nitriles is 1. The topological polar surface area (TPSA) is 101 Å². The standard InChI is InChI=1S/C10H8ClN5O2S/c1-16-10(13-6-14-16)15-19(17,18)9-4-7(5-12)2-3-8(9)11/h2-4,6H,1H3,(H,13,14,15). The maximum absolute atomic E-state index is 12.2. The highest BCUT2D eigenvalue weighted by atomic mass is 35.5. The first-order valence-electron chi connectivity index (χ1n) is 5.00. The van der Waals surface area contributed by atoms with Crippen molar-refractivity contribution in [2.75, 3.05) is 4.72 Å². The summed E-state index contributed by atoms with van der Waals surface area (Å²) >= 11 is 5.85. The highest BCUT2D eigenvalue weighted by molar-refractivity contribution is 7.92. The van der Waals surface area contributed by atoms with Gasteiger partial charge in [-0.3, -0.25) is 0 Å². The third kappa shape index (κ3) is 2.67. The minimum Gasteiger partial charge on any atom is -0.247 e. The molecular weight excluding hydrogens is 290 g/mol. The molecule has 1 aromatic heterocycles. The van der Waals surface area contributed by atoms with Gasteiger partial charge < -0.3 is 0 Å². The molecule has 0 bridgehead atoms. The van der Waals surface area contributed by atoms with Crippen molar-refractivity contribution >= 4 is 27.6 Å². The molecule has 0 fully saturated rings. The summed E-state index contributed by atoms with van der Waals surface area (Å²) in [6, 6.07) is 5.84. The number of anilines is 1. The number of benzene rings is 1. The number of hydrogen-bond donors (Lipinski definition) is 1. The van der Waals surface area contributed by atoms with E-state index in [9.17, 15) is 8.42 Å². The normalized spacial score (nSPS) is 11.0. The quantitative estimate of drug-likeness (QED) is 0.915. The Morgan fingerprint density at radius 2 is 2.21 bits per heavy atom. The van der Waals surface area contributed by atoms with E-state index < -0.39 is 10.0 Å². The number of hydrogen-bond acceptors (Lipinski definition) is 5. The van der Waals surface area contributed by atoms with Crippen LogP contribution in [0.5, 0.6) is 0 Å². The van der Waals surface area contributed by atoms with E-state index >= 15 is 0 Å². The van der Waals surface area contributed by atoms with E-state index in [4.69, 9.17) is 16.9 Å².